The van der Waals surface area contributed by atoms with E-state index in [1.165, 1.54) is 30.7 Å². The van der Waals surface area contributed by atoms with Crippen molar-refractivity contribution in [1.29, 1.82) is 0 Å². The third-order valence-electron chi connectivity index (χ3n) is 2.25. The first-order valence-corrected chi connectivity index (χ1v) is 5.36. The van der Waals surface area contributed by atoms with Crippen molar-refractivity contribution in [2.75, 3.05) is 0 Å². The molecular weight excluding hydrogens is 248 g/mol. The monoisotopic (exact) mass is 258 g/mol. The van der Waals surface area contributed by atoms with Crippen LogP contribution in [0.4, 0.5) is 0 Å². The van der Waals surface area contributed by atoms with Crippen molar-refractivity contribution in [2.45, 2.75) is 0 Å². The number of nitrogens with one attached hydrogen (secondary N) is 2. The van der Waals surface area contributed by atoms with E-state index in [9.17, 15) is 14.8 Å². The van der Waals surface area contributed by atoms with Gasteiger partial charge in [-0.1, -0.05) is 0 Å². The maximum Gasteiger partial charge on any atom is 0.275 e. The van der Waals surface area contributed by atoms with Crippen molar-refractivity contribution in [3.63, 3.8) is 0 Å². The van der Waals surface area contributed by atoms with Gasteiger partial charge in [0.25, 0.3) is 11.8 Å². The average Bonchev–Trinajstić information content (AvgIpc) is 2.45. The second-order valence-electron chi connectivity index (χ2n) is 3.60. The number of pyridine rings is 2. The molecule has 0 aliphatic heterocycles. The fourth-order valence-electron chi connectivity index (χ4n) is 1.34. The number of hydrazine groups is 1. The Labute approximate surface area is 108 Å². The number of carbonyl (C=O) groups excluding carboxylic acids is 2. The first-order valence-electron chi connectivity index (χ1n) is 5.36. The van der Waals surface area contributed by atoms with Crippen LogP contribution in [-0.4, -0.2) is 16.8 Å². The third kappa shape index (κ3) is 3.25. The fraction of sp³-hybridized carbons (Fsp3) is 0. The molecule has 0 atom stereocenters. The molecule has 0 unspecified atom stereocenters. The summed E-state index contributed by atoms with van der Waals surface area (Å²) in [6, 6.07) is 6.06. The Kier molecular flexibility index (Phi) is 3.67. The highest BCUT2D eigenvalue weighted by Gasteiger charge is 2.10. The lowest BCUT2D eigenvalue weighted by Gasteiger charge is -2.06. The Bertz CT molecular complexity index is 601. The third-order valence-corrected chi connectivity index (χ3v) is 2.25. The zero-order valence-electron chi connectivity index (χ0n) is 9.74. The van der Waals surface area contributed by atoms with Crippen LogP contribution in [-0.2, 0) is 0 Å². The lowest BCUT2D eigenvalue weighted by Crippen LogP contribution is -2.42. The van der Waals surface area contributed by atoms with E-state index in [4.69, 9.17) is 0 Å². The van der Waals surface area contributed by atoms with Gasteiger partial charge in [-0.2, -0.15) is 4.73 Å². The van der Waals surface area contributed by atoms with E-state index < -0.39 is 11.8 Å². The molecule has 2 amide bonds. The number of hydrogen-bond acceptors (Lipinski definition) is 4. The molecule has 19 heavy (non-hydrogen) atoms. The normalized spacial score (nSPS) is 9.68. The minimum absolute atomic E-state index is 0.143. The maximum absolute atomic E-state index is 11.6. The lowest BCUT2D eigenvalue weighted by molar-refractivity contribution is -0.605. The van der Waals surface area contributed by atoms with Crippen LogP contribution in [0.5, 0.6) is 0 Å². The SMILES string of the molecule is O=C(NNC(=O)c1ccc[n+]([O-])c1)c1cccnc1. The number of amides is 2. The van der Waals surface area contributed by atoms with Gasteiger partial charge in [0, 0.05) is 18.5 Å². The molecule has 0 saturated heterocycles. The van der Waals surface area contributed by atoms with Gasteiger partial charge >= 0.3 is 0 Å². The van der Waals surface area contributed by atoms with Gasteiger partial charge in [-0.3, -0.25) is 25.4 Å². The van der Waals surface area contributed by atoms with Crippen LogP contribution < -0.4 is 15.6 Å². The molecule has 2 rings (SSSR count). The predicted octanol–water partition coefficient (Wildman–Crippen LogP) is -0.210. The van der Waals surface area contributed by atoms with E-state index >= 15 is 0 Å². The van der Waals surface area contributed by atoms with Crippen molar-refractivity contribution in [1.82, 2.24) is 15.8 Å². The summed E-state index contributed by atoms with van der Waals surface area (Å²) in [6.45, 7) is 0. The molecule has 0 aliphatic rings. The van der Waals surface area contributed by atoms with Gasteiger partial charge in [-0.25, -0.2) is 0 Å². The molecule has 2 aromatic rings. The first-order chi connectivity index (χ1) is 9.16. The van der Waals surface area contributed by atoms with Crippen LogP contribution >= 0.6 is 0 Å². The van der Waals surface area contributed by atoms with Crippen LogP contribution in [0.2, 0.25) is 0 Å². The van der Waals surface area contributed by atoms with Crippen LogP contribution in [0, 0.1) is 5.21 Å². The first kappa shape index (κ1) is 12.5. The summed E-state index contributed by atoms with van der Waals surface area (Å²) in [6.07, 6.45) is 5.26. The van der Waals surface area contributed by atoms with E-state index in [1.807, 2.05) is 0 Å². The molecule has 2 heterocycles. The van der Waals surface area contributed by atoms with Gasteiger partial charge in [0.1, 0.15) is 5.56 Å². The number of nitrogens with zero attached hydrogens (tertiary/aromatic N) is 2. The molecule has 2 N–H and O–H groups in total. The molecule has 0 aromatic carbocycles. The Morgan fingerprint density at radius 1 is 1.11 bits per heavy atom. The van der Waals surface area contributed by atoms with Crippen LogP contribution in [0.25, 0.3) is 0 Å². The summed E-state index contributed by atoms with van der Waals surface area (Å²) >= 11 is 0. The van der Waals surface area contributed by atoms with Crippen molar-refractivity contribution in [2.24, 2.45) is 0 Å². The van der Waals surface area contributed by atoms with Gasteiger partial charge in [-0.05, 0) is 18.2 Å². The Balaban J connectivity index is 1.96. The van der Waals surface area contributed by atoms with E-state index in [0.29, 0.717) is 10.3 Å². The van der Waals surface area contributed by atoms with Gasteiger partial charge in [0.2, 0.25) is 0 Å². The second-order valence-corrected chi connectivity index (χ2v) is 3.60. The van der Waals surface area contributed by atoms with Crippen molar-refractivity contribution in [3.05, 3.63) is 65.4 Å². The number of rotatable bonds is 2. The van der Waals surface area contributed by atoms with Crippen LogP contribution in [0.15, 0.2) is 49.1 Å². The predicted molar refractivity (Wildman–Crippen MR) is 64.6 cm³/mol. The van der Waals surface area contributed by atoms with E-state index in [2.05, 4.69) is 15.8 Å². The summed E-state index contributed by atoms with van der Waals surface area (Å²) in [5.74, 6) is -1.07. The standard InChI is InChI=1S/C12H10N4O3/c17-11(9-3-1-5-13-7-9)14-15-12(18)10-4-2-6-16(19)8-10/h1-8H,(H,14,17)(H,15,18). The van der Waals surface area contributed by atoms with Gasteiger partial charge in [0.15, 0.2) is 12.4 Å². The molecule has 0 bridgehead atoms. The largest absolute Gasteiger partial charge is 0.619 e. The molecule has 7 nitrogen and oxygen atoms in total. The second kappa shape index (κ2) is 5.58. The molecular formula is C12H10N4O3. The maximum atomic E-state index is 11.6. The highest BCUT2D eigenvalue weighted by molar-refractivity contribution is 5.98. The average molecular weight is 258 g/mol. The Hall–Kier alpha value is -2.96. The minimum Gasteiger partial charge on any atom is -0.619 e. The summed E-state index contributed by atoms with van der Waals surface area (Å²) in [5, 5.41) is 11.0. The molecule has 0 radical (unpaired) electrons. The molecule has 0 saturated carbocycles. The molecule has 96 valence electrons. The molecule has 0 aliphatic carbocycles. The number of hydrogen-bond donors (Lipinski definition) is 2. The summed E-state index contributed by atoms with van der Waals surface area (Å²) in [5.41, 5.74) is 4.89. The van der Waals surface area contributed by atoms with E-state index in [-0.39, 0.29) is 5.56 Å². The van der Waals surface area contributed by atoms with Crippen molar-refractivity contribution >= 4 is 11.8 Å². The quantitative estimate of drug-likeness (QED) is 0.442. The smallest absolute Gasteiger partial charge is 0.275 e. The van der Waals surface area contributed by atoms with Crippen LogP contribution in [0.3, 0.4) is 0 Å². The Morgan fingerprint density at radius 2 is 1.79 bits per heavy atom. The minimum atomic E-state index is -0.581. The Morgan fingerprint density at radius 3 is 2.42 bits per heavy atom. The van der Waals surface area contributed by atoms with Crippen molar-refractivity contribution < 1.29 is 14.3 Å². The fourth-order valence-corrected chi connectivity index (χ4v) is 1.34. The molecule has 7 heteroatoms. The zero-order chi connectivity index (χ0) is 13.7. The van der Waals surface area contributed by atoms with Crippen molar-refractivity contribution in [3.8, 4) is 0 Å². The molecule has 0 fully saturated rings. The number of carbonyl (C=O) groups is 2. The topological polar surface area (TPSA) is 98.0 Å². The molecule has 2 aromatic heterocycles. The summed E-state index contributed by atoms with van der Waals surface area (Å²) < 4.78 is 0.498. The highest BCUT2D eigenvalue weighted by atomic mass is 16.5. The zero-order valence-corrected chi connectivity index (χ0v) is 9.74. The van der Waals surface area contributed by atoms with Gasteiger partial charge in [-0.15, -0.1) is 0 Å². The van der Waals surface area contributed by atoms with E-state index in [1.54, 1.807) is 12.1 Å². The summed E-state index contributed by atoms with van der Waals surface area (Å²) in [7, 11) is 0. The van der Waals surface area contributed by atoms with E-state index in [0.717, 1.165) is 6.20 Å². The highest BCUT2D eigenvalue weighted by Crippen LogP contribution is 1.95. The number of aromatic nitrogens is 2. The van der Waals surface area contributed by atoms with Gasteiger partial charge in [0.05, 0.1) is 5.56 Å². The van der Waals surface area contributed by atoms with Gasteiger partial charge < -0.3 is 5.21 Å². The lowest BCUT2D eigenvalue weighted by atomic mass is 10.3. The van der Waals surface area contributed by atoms with Crippen LogP contribution in [0.1, 0.15) is 20.7 Å². The molecule has 0 spiro atoms. The summed E-state index contributed by atoms with van der Waals surface area (Å²) in [4.78, 5) is 27.0.